The second-order valence-corrected chi connectivity index (χ2v) is 4.27. The van der Waals surface area contributed by atoms with Crippen molar-refractivity contribution in [3.63, 3.8) is 0 Å². The Labute approximate surface area is 92.6 Å². The number of ether oxygens (including phenoxy) is 1. The van der Waals surface area contributed by atoms with Crippen molar-refractivity contribution in [2.75, 3.05) is 0 Å². The van der Waals surface area contributed by atoms with Crippen molar-refractivity contribution in [3.8, 4) is 5.75 Å². The first-order chi connectivity index (χ1) is 6.11. The lowest BCUT2D eigenvalue weighted by molar-refractivity contribution is 0.195. The topological polar surface area (TPSA) is 35.2 Å². The first kappa shape index (κ1) is 10.8. The molecule has 1 rings (SSSR count). The van der Waals surface area contributed by atoms with Crippen molar-refractivity contribution in [2.45, 2.75) is 26.0 Å². The molecule has 0 saturated heterocycles. The van der Waals surface area contributed by atoms with Gasteiger partial charge in [-0.1, -0.05) is 12.1 Å². The van der Waals surface area contributed by atoms with Crippen LogP contribution in [-0.2, 0) is 0 Å². The Hall–Kier alpha value is -0.290. The van der Waals surface area contributed by atoms with Gasteiger partial charge in [0.15, 0.2) is 0 Å². The minimum Gasteiger partial charge on any atom is -0.488 e. The lowest BCUT2D eigenvalue weighted by atomic mass is 10.2. The average Bonchev–Trinajstić information content (AvgIpc) is 2.08. The third-order valence-electron chi connectivity index (χ3n) is 1.89. The van der Waals surface area contributed by atoms with Crippen molar-refractivity contribution in [1.29, 1.82) is 0 Å². The van der Waals surface area contributed by atoms with Crippen LogP contribution in [0.1, 0.15) is 13.8 Å². The molecular formula is C10H14INO. The van der Waals surface area contributed by atoms with Crippen LogP contribution in [0, 0.1) is 3.57 Å². The summed E-state index contributed by atoms with van der Waals surface area (Å²) in [4.78, 5) is 0. The second-order valence-electron chi connectivity index (χ2n) is 3.11. The zero-order chi connectivity index (χ0) is 9.84. The molecule has 0 bridgehead atoms. The van der Waals surface area contributed by atoms with Crippen LogP contribution >= 0.6 is 22.6 Å². The molecule has 1 aromatic carbocycles. The number of hydrogen-bond donors (Lipinski definition) is 1. The van der Waals surface area contributed by atoms with Gasteiger partial charge in [0.2, 0.25) is 0 Å². The molecule has 1 aromatic rings. The summed E-state index contributed by atoms with van der Waals surface area (Å²) in [5, 5.41) is 0. The molecular weight excluding hydrogens is 277 g/mol. The molecule has 13 heavy (non-hydrogen) atoms. The normalized spacial score (nSPS) is 15.1. The number of para-hydroxylation sites is 1. The van der Waals surface area contributed by atoms with E-state index in [1.54, 1.807) is 0 Å². The lowest BCUT2D eigenvalue weighted by Crippen LogP contribution is -2.33. The number of hydrogen-bond acceptors (Lipinski definition) is 2. The summed E-state index contributed by atoms with van der Waals surface area (Å²) in [6.07, 6.45) is 0.0518. The Bertz CT molecular complexity index is 275. The van der Waals surface area contributed by atoms with E-state index in [0.29, 0.717) is 0 Å². The van der Waals surface area contributed by atoms with Crippen LogP contribution in [0.4, 0.5) is 0 Å². The van der Waals surface area contributed by atoms with E-state index in [-0.39, 0.29) is 12.1 Å². The first-order valence-electron chi connectivity index (χ1n) is 4.28. The maximum absolute atomic E-state index is 5.71. The highest BCUT2D eigenvalue weighted by atomic mass is 127. The number of rotatable bonds is 3. The van der Waals surface area contributed by atoms with Crippen molar-refractivity contribution in [2.24, 2.45) is 5.73 Å². The highest BCUT2D eigenvalue weighted by Gasteiger charge is 2.10. The van der Waals surface area contributed by atoms with Gasteiger partial charge in [-0.15, -0.1) is 0 Å². The van der Waals surface area contributed by atoms with E-state index < -0.39 is 0 Å². The van der Waals surface area contributed by atoms with E-state index in [9.17, 15) is 0 Å². The van der Waals surface area contributed by atoms with Crippen LogP contribution in [0.3, 0.4) is 0 Å². The van der Waals surface area contributed by atoms with E-state index in [0.717, 1.165) is 9.32 Å². The van der Waals surface area contributed by atoms with Crippen molar-refractivity contribution < 1.29 is 4.74 Å². The van der Waals surface area contributed by atoms with Gasteiger partial charge in [-0.05, 0) is 48.6 Å². The molecule has 72 valence electrons. The molecule has 0 aliphatic heterocycles. The molecule has 0 fully saturated rings. The summed E-state index contributed by atoms with van der Waals surface area (Å²) in [7, 11) is 0. The smallest absolute Gasteiger partial charge is 0.133 e. The Kier molecular flexibility index (Phi) is 3.99. The fraction of sp³-hybridized carbons (Fsp3) is 0.400. The second kappa shape index (κ2) is 4.81. The number of benzene rings is 1. The van der Waals surface area contributed by atoms with Gasteiger partial charge in [-0.3, -0.25) is 0 Å². The molecule has 0 aliphatic rings. The summed E-state index contributed by atoms with van der Waals surface area (Å²) in [5.41, 5.74) is 5.71. The van der Waals surface area contributed by atoms with Gasteiger partial charge in [0.25, 0.3) is 0 Å². The summed E-state index contributed by atoms with van der Waals surface area (Å²) >= 11 is 2.25. The fourth-order valence-electron chi connectivity index (χ4n) is 0.848. The minimum absolute atomic E-state index is 0.0518. The first-order valence-corrected chi connectivity index (χ1v) is 5.36. The minimum atomic E-state index is 0.0518. The van der Waals surface area contributed by atoms with E-state index in [4.69, 9.17) is 10.5 Å². The van der Waals surface area contributed by atoms with Crippen LogP contribution < -0.4 is 10.5 Å². The summed E-state index contributed by atoms with van der Waals surface area (Å²) in [6, 6.07) is 7.98. The van der Waals surface area contributed by atoms with Crippen molar-refractivity contribution in [3.05, 3.63) is 27.8 Å². The Balaban J connectivity index is 2.69. The Morgan fingerprint density at radius 3 is 2.46 bits per heavy atom. The van der Waals surface area contributed by atoms with E-state index in [1.165, 1.54) is 0 Å². The molecule has 2 atom stereocenters. The Morgan fingerprint density at radius 2 is 1.92 bits per heavy atom. The van der Waals surface area contributed by atoms with Gasteiger partial charge in [-0.2, -0.15) is 0 Å². The standard InChI is InChI=1S/C10H14INO/c1-7(12)8(2)13-10-6-4-3-5-9(10)11/h3-8H,12H2,1-2H3/t7-,8?/m1/s1. The predicted octanol–water partition coefficient (Wildman–Crippen LogP) is 2.41. The van der Waals surface area contributed by atoms with Crippen molar-refractivity contribution in [1.82, 2.24) is 0 Å². The van der Waals surface area contributed by atoms with Crippen LogP contribution in [0.2, 0.25) is 0 Å². The van der Waals surface area contributed by atoms with E-state index >= 15 is 0 Å². The molecule has 2 nitrogen and oxygen atoms in total. The molecule has 0 amide bonds. The average molecular weight is 291 g/mol. The third kappa shape index (κ3) is 3.15. The molecule has 0 heterocycles. The predicted molar refractivity (Wildman–Crippen MR) is 62.9 cm³/mol. The largest absolute Gasteiger partial charge is 0.488 e. The molecule has 0 spiro atoms. The molecule has 2 N–H and O–H groups in total. The highest BCUT2D eigenvalue weighted by Crippen LogP contribution is 2.21. The van der Waals surface area contributed by atoms with Gasteiger partial charge in [0, 0.05) is 6.04 Å². The molecule has 0 saturated carbocycles. The van der Waals surface area contributed by atoms with Gasteiger partial charge < -0.3 is 10.5 Å². The Morgan fingerprint density at radius 1 is 1.31 bits per heavy atom. The maximum Gasteiger partial charge on any atom is 0.133 e. The van der Waals surface area contributed by atoms with Gasteiger partial charge in [0.1, 0.15) is 11.9 Å². The number of halogens is 1. The van der Waals surface area contributed by atoms with Gasteiger partial charge >= 0.3 is 0 Å². The molecule has 3 heteroatoms. The monoisotopic (exact) mass is 291 g/mol. The fourth-order valence-corrected chi connectivity index (χ4v) is 1.36. The third-order valence-corrected chi connectivity index (χ3v) is 2.78. The van der Waals surface area contributed by atoms with Crippen LogP contribution in [0.15, 0.2) is 24.3 Å². The molecule has 1 unspecified atom stereocenters. The summed E-state index contributed by atoms with van der Waals surface area (Å²) in [6.45, 7) is 3.92. The maximum atomic E-state index is 5.71. The molecule has 0 aliphatic carbocycles. The van der Waals surface area contributed by atoms with Gasteiger partial charge in [0.05, 0.1) is 3.57 Å². The number of nitrogens with two attached hydrogens (primary N) is 1. The zero-order valence-corrected chi connectivity index (χ0v) is 9.99. The van der Waals surface area contributed by atoms with Crippen LogP contribution in [-0.4, -0.2) is 12.1 Å². The van der Waals surface area contributed by atoms with Crippen LogP contribution in [0.5, 0.6) is 5.75 Å². The molecule has 0 aromatic heterocycles. The summed E-state index contributed by atoms with van der Waals surface area (Å²) in [5.74, 6) is 0.910. The quantitative estimate of drug-likeness (QED) is 0.868. The van der Waals surface area contributed by atoms with Crippen LogP contribution in [0.25, 0.3) is 0 Å². The highest BCUT2D eigenvalue weighted by molar-refractivity contribution is 14.1. The van der Waals surface area contributed by atoms with E-state index in [1.807, 2.05) is 38.1 Å². The van der Waals surface area contributed by atoms with Gasteiger partial charge in [-0.25, -0.2) is 0 Å². The zero-order valence-electron chi connectivity index (χ0n) is 7.83. The lowest BCUT2D eigenvalue weighted by Gasteiger charge is -2.18. The SMILES string of the molecule is CC(Oc1ccccc1I)[C@@H](C)N. The van der Waals surface area contributed by atoms with E-state index in [2.05, 4.69) is 22.6 Å². The molecule has 0 radical (unpaired) electrons. The summed E-state index contributed by atoms with van der Waals surface area (Å²) < 4.78 is 6.79. The van der Waals surface area contributed by atoms with Crippen molar-refractivity contribution >= 4 is 22.6 Å².